The van der Waals surface area contributed by atoms with Crippen LogP contribution in [-0.4, -0.2) is 22.3 Å². The molecule has 2 aromatic carbocycles. The van der Waals surface area contributed by atoms with Gasteiger partial charge in [-0.1, -0.05) is 61.4 Å². The Morgan fingerprint density at radius 3 is 2.68 bits per heavy atom. The number of hydrogen-bond donors (Lipinski definition) is 1. The van der Waals surface area contributed by atoms with Crippen molar-refractivity contribution in [3.05, 3.63) is 71.4 Å². The van der Waals surface area contributed by atoms with Crippen LogP contribution in [-0.2, 0) is 23.2 Å². The van der Waals surface area contributed by atoms with Crippen molar-refractivity contribution in [2.24, 2.45) is 11.8 Å². The zero-order valence-electron chi connectivity index (χ0n) is 16.2. The molecule has 1 aliphatic carbocycles. The number of H-pyrrole nitrogens is 1. The van der Waals surface area contributed by atoms with Crippen molar-refractivity contribution in [3.8, 4) is 0 Å². The summed E-state index contributed by atoms with van der Waals surface area (Å²) in [6.45, 7) is 0.855. The fourth-order valence-electron chi connectivity index (χ4n) is 6.50. The van der Waals surface area contributed by atoms with Crippen LogP contribution in [0.4, 0.5) is 0 Å². The van der Waals surface area contributed by atoms with Crippen LogP contribution in [0.3, 0.4) is 0 Å². The molecule has 2 fully saturated rings. The maximum absolute atomic E-state index is 13.5. The van der Waals surface area contributed by atoms with Gasteiger partial charge in [0, 0.05) is 35.5 Å². The summed E-state index contributed by atoms with van der Waals surface area (Å²) in [6.07, 6.45) is 6.54. The molecule has 3 heterocycles. The summed E-state index contributed by atoms with van der Waals surface area (Å²) in [4.78, 5) is 19.6. The number of benzene rings is 2. The number of nitrogens with zero attached hydrogens (tertiary/aromatic N) is 1. The van der Waals surface area contributed by atoms with E-state index >= 15 is 0 Å². The molecule has 1 saturated carbocycles. The van der Waals surface area contributed by atoms with Gasteiger partial charge in [0.2, 0.25) is 5.91 Å². The third-order valence-corrected chi connectivity index (χ3v) is 7.59. The number of aromatic amines is 1. The minimum Gasteiger partial charge on any atom is -0.356 e. The van der Waals surface area contributed by atoms with Crippen LogP contribution < -0.4 is 0 Å². The lowest BCUT2D eigenvalue weighted by Gasteiger charge is -2.46. The topological polar surface area (TPSA) is 36.1 Å². The van der Waals surface area contributed by atoms with E-state index in [4.69, 9.17) is 0 Å². The molecule has 3 nitrogen and oxygen atoms in total. The molecule has 2 aliphatic heterocycles. The van der Waals surface area contributed by atoms with E-state index < -0.39 is 0 Å². The Morgan fingerprint density at radius 2 is 1.79 bits per heavy atom. The van der Waals surface area contributed by atoms with E-state index in [-0.39, 0.29) is 11.5 Å². The SMILES string of the molecule is O=C1[C@@H]2CCCC[C@@H]2[C@@]2(Cc3ccccc3)c3[nH]c4ccccc4c3CCN12. The van der Waals surface area contributed by atoms with E-state index in [0.29, 0.717) is 11.8 Å². The molecule has 6 rings (SSSR count). The van der Waals surface area contributed by atoms with Crippen LogP contribution in [0.5, 0.6) is 0 Å². The first-order valence-electron chi connectivity index (χ1n) is 10.7. The number of nitrogens with one attached hydrogen (secondary N) is 1. The summed E-state index contributed by atoms with van der Waals surface area (Å²) in [5.41, 5.74) is 5.11. The van der Waals surface area contributed by atoms with E-state index in [1.54, 1.807) is 0 Å². The third-order valence-electron chi connectivity index (χ3n) is 7.59. The maximum Gasteiger partial charge on any atom is 0.226 e. The first kappa shape index (κ1) is 16.4. The molecule has 0 spiro atoms. The van der Waals surface area contributed by atoms with Crippen molar-refractivity contribution < 1.29 is 4.79 Å². The van der Waals surface area contributed by atoms with Crippen molar-refractivity contribution in [1.29, 1.82) is 0 Å². The van der Waals surface area contributed by atoms with Gasteiger partial charge < -0.3 is 9.88 Å². The van der Waals surface area contributed by atoms with Crippen molar-refractivity contribution in [3.63, 3.8) is 0 Å². The average molecular weight is 370 g/mol. The molecule has 1 N–H and O–H groups in total. The van der Waals surface area contributed by atoms with E-state index in [2.05, 4.69) is 64.5 Å². The summed E-state index contributed by atoms with van der Waals surface area (Å²) in [6, 6.07) is 19.5. The van der Waals surface area contributed by atoms with E-state index in [0.717, 1.165) is 32.2 Å². The molecular weight excluding hydrogens is 344 g/mol. The van der Waals surface area contributed by atoms with Gasteiger partial charge >= 0.3 is 0 Å². The molecule has 1 aromatic heterocycles. The minimum absolute atomic E-state index is 0.204. The highest BCUT2D eigenvalue weighted by molar-refractivity contribution is 5.89. The lowest BCUT2D eigenvalue weighted by atomic mass is 9.66. The Kier molecular flexibility index (Phi) is 3.50. The Labute approximate surface area is 165 Å². The summed E-state index contributed by atoms with van der Waals surface area (Å²) in [5, 5.41) is 1.34. The smallest absolute Gasteiger partial charge is 0.226 e. The van der Waals surface area contributed by atoms with Gasteiger partial charge in [0.1, 0.15) is 0 Å². The summed E-state index contributed by atoms with van der Waals surface area (Å²) >= 11 is 0. The van der Waals surface area contributed by atoms with E-state index in [1.165, 1.54) is 40.6 Å². The molecule has 1 amide bonds. The fraction of sp³-hybridized carbons (Fsp3) is 0.400. The van der Waals surface area contributed by atoms with Crippen LogP contribution in [0.25, 0.3) is 10.9 Å². The third kappa shape index (κ3) is 2.08. The van der Waals surface area contributed by atoms with Gasteiger partial charge in [-0.2, -0.15) is 0 Å². The Morgan fingerprint density at radius 1 is 1.00 bits per heavy atom. The van der Waals surface area contributed by atoms with Crippen molar-refractivity contribution in [2.45, 2.75) is 44.1 Å². The first-order valence-corrected chi connectivity index (χ1v) is 10.7. The van der Waals surface area contributed by atoms with E-state index in [9.17, 15) is 4.79 Å². The maximum atomic E-state index is 13.5. The highest BCUT2D eigenvalue weighted by atomic mass is 16.2. The number of hydrogen-bond acceptors (Lipinski definition) is 1. The number of para-hydroxylation sites is 1. The zero-order chi connectivity index (χ0) is 18.7. The highest BCUT2D eigenvalue weighted by Gasteiger charge is 2.61. The van der Waals surface area contributed by atoms with Crippen LogP contribution in [0, 0.1) is 11.8 Å². The minimum atomic E-state index is -0.212. The van der Waals surface area contributed by atoms with Crippen molar-refractivity contribution in [1.82, 2.24) is 9.88 Å². The number of rotatable bonds is 2. The number of amides is 1. The van der Waals surface area contributed by atoms with Gasteiger partial charge in [0.25, 0.3) is 0 Å². The molecule has 0 radical (unpaired) electrons. The second-order valence-electron chi connectivity index (χ2n) is 8.85. The second-order valence-corrected chi connectivity index (χ2v) is 8.85. The molecule has 3 aromatic rings. The predicted molar refractivity (Wildman–Crippen MR) is 111 cm³/mol. The number of carbonyl (C=O) groups excluding carboxylic acids is 1. The standard InChI is InChI=1S/C25H26N2O/c28-24-20-11-4-6-12-21(20)25(16-17-8-2-1-3-9-17)23-19(14-15-27(24)25)18-10-5-7-13-22(18)26-23/h1-3,5,7-10,13,20-21,26H,4,6,11-12,14-16H2/t20-,21+,25+/m1/s1. The highest BCUT2D eigenvalue weighted by Crippen LogP contribution is 2.57. The van der Waals surface area contributed by atoms with E-state index in [1.807, 2.05) is 0 Å². The van der Waals surface area contributed by atoms with Crippen LogP contribution in [0.15, 0.2) is 54.6 Å². The molecule has 1 saturated heterocycles. The monoisotopic (exact) mass is 370 g/mol. The van der Waals surface area contributed by atoms with Crippen LogP contribution in [0.1, 0.15) is 42.5 Å². The summed E-state index contributed by atoms with van der Waals surface area (Å²) in [7, 11) is 0. The molecule has 28 heavy (non-hydrogen) atoms. The van der Waals surface area contributed by atoms with Gasteiger partial charge in [-0.3, -0.25) is 4.79 Å². The molecular formula is C25H26N2O. The molecule has 142 valence electrons. The normalized spacial score (nSPS) is 28.9. The second kappa shape index (κ2) is 5.97. The van der Waals surface area contributed by atoms with Crippen molar-refractivity contribution >= 4 is 16.8 Å². The molecule has 3 heteroatoms. The lowest BCUT2D eigenvalue weighted by Crippen LogP contribution is -2.52. The van der Waals surface area contributed by atoms with Gasteiger partial charge in [0.05, 0.1) is 5.54 Å². The van der Waals surface area contributed by atoms with Gasteiger partial charge in [-0.25, -0.2) is 0 Å². The first-order chi connectivity index (χ1) is 13.8. The summed E-state index contributed by atoms with van der Waals surface area (Å²) in [5.74, 6) is 1.03. The zero-order valence-corrected chi connectivity index (χ0v) is 16.2. The Balaban J connectivity index is 1.61. The molecule has 0 unspecified atom stereocenters. The average Bonchev–Trinajstić information content (AvgIpc) is 3.24. The summed E-state index contributed by atoms with van der Waals surface area (Å²) < 4.78 is 0. The predicted octanol–water partition coefficient (Wildman–Crippen LogP) is 4.81. The van der Waals surface area contributed by atoms with Gasteiger partial charge in [-0.15, -0.1) is 0 Å². The largest absolute Gasteiger partial charge is 0.356 e. The van der Waals surface area contributed by atoms with Gasteiger partial charge in [-0.05, 0) is 42.4 Å². The number of aromatic nitrogens is 1. The molecule has 0 bridgehead atoms. The fourth-order valence-corrected chi connectivity index (χ4v) is 6.50. The quantitative estimate of drug-likeness (QED) is 0.690. The lowest BCUT2D eigenvalue weighted by molar-refractivity contribution is -0.134. The van der Waals surface area contributed by atoms with Crippen molar-refractivity contribution in [2.75, 3.05) is 6.54 Å². The van der Waals surface area contributed by atoms with Crippen LogP contribution in [0.2, 0.25) is 0 Å². The number of carbonyl (C=O) groups is 1. The Bertz CT molecular complexity index is 1050. The molecule has 3 atom stereocenters. The van der Waals surface area contributed by atoms with Gasteiger partial charge in [0.15, 0.2) is 0 Å². The molecule has 3 aliphatic rings. The Hall–Kier alpha value is -2.55. The van der Waals surface area contributed by atoms with Crippen LogP contribution >= 0.6 is 0 Å². The number of fused-ring (bicyclic) bond motifs is 7.